The second-order valence-electron chi connectivity index (χ2n) is 3.88. The number of rotatable bonds is 2. The summed E-state index contributed by atoms with van der Waals surface area (Å²) < 4.78 is 18.6. The minimum absolute atomic E-state index is 0.0195. The second kappa shape index (κ2) is 5.06. The second-order valence-corrected chi connectivity index (χ2v) is 4.73. The number of ether oxygens (including phenoxy) is 1. The van der Waals surface area contributed by atoms with Gasteiger partial charge in [-0.1, -0.05) is 0 Å². The van der Waals surface area contributed by atoms with Crippen molar-refractivity contribution < 1.29 is 13.9 Å². The van der Waals surface area contributed by atoms with Crippen molar-refractivity contribution in [3.05, 3.63) is 34.1 Å². The van der Waals surface area contributed by atoms with E-state index >= 15 is 0 Å². The van der Waals surface area contributed by atoms with Gasteiger partial charge in [-0.05, 0) is 47.0 Å². The van der Waals surface area contributed by atoms with E-state index in [1.165, 1.54) is 12.1 Å². The van der Waals surface area contributed by atoms with Crippen molar-refractivity contribution in [1.82, 2.24) is 0 Å². The first kappa shape index (κ1) is 11.7. The summed E-state index contributed by atoms with van der Waals surface area (Å²) in [6, 6.07) is 4.40. The Morgan fingerprint density at radius 1 is 1.38 bits per heavy atom. The van der Waals surface area contributed by atoms with Crippen LogP contribution in [0.4, 0.5) is 4.39 Å². The molecule has 0 unspecified atom stereocenters. The molecule has 0 aliphatic carbocycles. The van der Waals surface area contributed by atoms with E-state index < -0.39 is 0 Å². The Kier molecular flexibility index (Phi) is 3.71. The van der Waals surface area contributed by atoms with Crippen LogP contribution in [0.25, 0.3) is 0 Å². The molecule has 0 atom stereocenters. The van der Waals surface area contributed by atoms with Gasteiger partial charge in [-0.2, -0.15) is 0 Å². The molecule has 1 fully saturated rings. The van der Waals surface area contributed by atoms with E-state index in [9.17, 15) is 9.18 Å². The van der Waals surface area contributed by atoms with E-state index in [-0.39, 0.29) is 17.5 Å². The van der Waals surface area contributed by atoms with Gasteiger partial charge in [0.1, 0.15) is 5.82 Å². The van der Waals surface area contributed by atoms with E-state index in [0.29, 0.717) is 23.2 Å². The van der Waals surface area contributed by atoms with Crippen LogP contribution in [0.5, 0.6) is 0 Å². The zero-order valence-corrected chi connectivity index (χ0v) is 10.3. The highest BCUT2D eigenvalue weighted by Gasteiger charge is 2.23. The number of carbonyl (C=O) groups is 1. The molecule has 86 valence electrons. The van der Waals surface area contributed by atoms with Crippen LogP contribution in [0.1, 0.15) is 23.2 Å². The monoisotopic (exact) mass is 286 g/mol. The average molecular weight is 287 g/mol. The maximum atomic E-state index is 13.0. The molecule has 0 amide bonds. The minimum atomic E-state index is -0.344. The normalized spacial score (nSPS) is 17.4. The maximum absolute atomic E-state index is 13.0. The zero-order chi connectivity index (χ0) is 11.5. The van der Waals surface area contributed by atoms with Crippen LogP contribution in [0.3, 0.4) is 0 Å². The van der Waals surface area contributed by atoms with Crippen LogP contribution < -0.4 is 0 Å². The quantitative estimate of drug-likeness (QED) is 0.781. The lowest BCUT2D eigenvalue weighted by Crippen LogP contribution is -2.23. The molecule has 1 heterocycles. The van der Waals surface area contributed by atoms with Gasteiger partial charge in [0.25, 0.3) is 0 Å². The fraction of sp³-hybridized carbons (Fsp3) is 0.417. The molecule has 0 spiro atoms. The fourth-order valence-electron chi connectivity index (χ4n) is 1.84. The van der Waals surface area contributed by atoms with E-state index in [4.69, 9.17) is 4.74 Å². The highest BCUT2D eigenvalue weighted by Crippen LogP contribution is 2.23. The molecule has 1 saturated heterocycles. The van der Waals surface area contributed by atoms with Gasteiger partial charge in [0.15, 0.2) is 5.78 Å². The number of halogens is 2. The van der Waals surface area contributed by atoms with Gasteiger partial charge in [-0.15, -0.1) is 0 Å². The number of Topliss-reactive ketones (excluding diaryl/α,β-unsaturated/α-hetero) is 1. The van der Waals surface area contributed by atoms with Crippen LogP contribution in [0.15, 0.2) is 22.7 Å². The van der Waals surface area contributed by atoms with Crippen LogP contribution in [-0.2, 0) is 4.74 Å². The highest BCUT2D eigenvalue weighted by molar-refractivity contribution is 9.10. The molecular weight excluding hydrogens is 275 g/mol. The van der Waals surface area contributed by atoms with Crippen molar-refractivity contribution in [3.8, 4) is 0 Å². The van der Waals surface area contributed by atoms with Crippen molar-refractivity contribution >= 4 is 21.7 Å². The molecule has 0 saturated carbocycles. The molecule has 1 aromatic rings. The predicted octanol–water partition coefficient (Wildman–Crippen LogP) is 3.20. The summed E-state index contributed by atoms with van der Waals surface area (Å²) in [5.74, 6) is -0.237. The third-order valence-corrected chi connectivity index (χ3v) is 3.40. The Morgan fingerprint density at radius 2 is 2.06 bits per heavy atom. The Labute approximate surface area is 102 Å². The van der Waals surface area contributed by atoms with E-state index in [1.807, 2.05) is 0 Å². The third-order valence-electron chi connectivity index (χ3n) is 2.80. The summed E-state index contributed by atoms with van der Waals surface area (Å²) in [7, 11) is 0. The molecule has 0 N–H and O–H groups in total. The van der Waals surface area contributed by atoms with Gasteiger partial charge in [-0.25, -0.2) is 4.39 Å². The summed E-state index contributed by atoms with van der Waals surface area (Å²) in [6.45, 7) is 1.28. The first-order valence-electron chi connectivity index (χ1n) is 5.25. The number of hydrogen-bond acceptors (Lipinski definition) is 2. The average Bonchev–Trinajstić information content (AvgIpc) is 2.33. The topological polar surface area (TPSA) is 26.3 Å². The van der Waals surface area contributed by atoms with Gasteiger partial charge in [0, 0.05) is 24.7 Å². The molecule has 0 aromatic heterocycles. The van der Waals surface area contributed by atoms with Crippen LogP contribution >= 0.6 is 15.9 Å². The standard InChI is InChI=1S/C12H12BrFO2/c13-10-7-9(1-2-11(10)14)12(15)8-3-5-16-6-4-8/h1-2,7-8H,3-6H2. The molecule has 4 heteroatoms. The summed E-state index contributed by atoms with van der Waals surface area (Å²) in [5, 5.41) is 0. The lowest BCUT2D eigenvalue weighted by atomic mass is 9.91. The molecule has 1 aliphatic rings. The fourth-order valence-corrected chi connectivity index (χ4v) is 2.22. The SMILES string of the molecule is O=C(c1ccc(F)c(Br)c1)C1CCOCC1. The summed E-state index contributed by atoms with van der Waals surface area (Å²) in [4.78, 5) is 12.1. The predicted molar refractivity (Wildman–Crippen MR) is 62.0 cm³/mol. The van der Waals surface area contributed by atoms with E-state index in [0.717, 1.165) is 12.8 Å². The molecule has 1 aromatic carbocycles. The first-order chi connectivity index (χ1) is 7.68. The Bertz CT molecular complexity index is 400. The van der Waals surface area contributed by atoms with Gasteiger partial charge < -0.3 is 4.74 Å². The molecule has 0 bridgehead atoms. The summed E-state index contributed by atoms with van der Waals surface area (Å²) in [6.07, 6.45) is 1.52. The largest absolute Gasteiger partial charge is 0.381 e. The van der Waals surface area contributed by atoms with Crippen molar-refractivity contribution in [1.29, 1.82) is 0 Å². The summed E-state index contributed by atoms with van der Waals surface area (Å²) >= 11 is 3.09. The van der Waals surface area contributed by atoms with Gasteiger partial charge in [-0.3, -0.25) is 4.79 Å². The smallest absolute Gasteiger partial charge is 0.166 e. The molecular formula is C12H12BrFO2. The van der Waals surface area contributed by atoms with Crippen molar-refractivity contribution in [2.75, 3.05) is 13.2 Å². The lowest BCUT2D eigenvalue weighted by molar-refractivity contribution is 0.0545. The van der Waals surface area contributed by atoms with E-state index in [1.54, 1.807) is 6.07 Å². The Morgan fingerprint density at radius 3 is 2.69 bits per heavy atom. The Balaban J connectivity index is 2.16. The van der Waals surface area contributed by atoms with Crippen LogP contribution in [0, 0.1) is 11.7 Å². The molecule has 0 radical (unpaired) electrons. The summed E-state index contributed by atoms with van der Waals surface area (Å²) in [5.41, 5.74) is 0.570. The third kappa shape index (κ3) is 2.50. The molecule has 2 nitrogen and oxygen atoms in total. The van der Waals surface area contributed by atoms with Crippen LogP contribution in [-0.4, -0.2) is 19.0 Å². The van der Waals surface area contributed by atoms with Gasteiger partial charge >= 0.3 is 0 Å². The maximum Gasteiger partial charge on any atom is 0.166 e. The number of benzene rings is 1. The van der Waals surface area contributed by atoms with Crippen molar-refractivity contribution in [2.45, 2.75) is 12.8 Å². The zero-order valence-electron chi connectivity index (χ0n) is 8.71. The molecule has 2 rings (SSSR count). The first-order valence-corrected chi connectivity index (χ1v) is 6.05. The number of carbonyl (C=O) groups excluding carboxylic acids is 1. The van der Waals surface area contributed by atoms with E-state index in [2.05, 4.69) is 15.9 Å². The highest BCUT2D eigenvalue weighted by atomic mass is 79.9. The minimum Gasteiger partial charge on any atom is -0.381 e. The van der Waals surface area contributed by atoms with Crippen LogP contribution in [0.2, 0.25) is 0 Å². The Hall–Kier alpha value is -0.740. The number of ketones is 1. The molecule has 1 aliphatic heterocycles. The number of hydrogen-bond donors (Lipinski definition) is 0. The lowest BCUT2D eigenvalue weighted by Gasteiger charge is -2.20. The van der Waals surface area contributed by atoms with Gasteiger partial charge in [0.05, 0.1) is 4.47 Å². The van der Waals surface area contributed by atoms with Crippen molar-refractivity contribution in [2.24, 2.45) is 5.92 Å². The van der Waals surface area contributed by atoms with Gasteiger partial charge in [0.2, 0.25) is 0 Å². The van der Waals surface area contributed by atoms with Crippen molar-refractivity contribution in [3.63, 3.8) is 0 Å². The molecule has 16 heavy (non-hydrogen) atoms.